The van der Waals surface area contributed by atoms with Crippen molar-refractivity contribution in [1.29, 1.82) is 0 Å². The predicted molar refractivity (Wildman–Crippen MR) is 263 cm³/mol. The van der Waals surface area contributed by atoms with Crippen LogP contribution in [0.2, 0.25) is 0 Å². The van der Waals surface area contributed by atoms with Crippen LogP contribution in [0, 0.1) is 6.07 Å². The first kappa shape index (κ1) is 26.4. The summed E-state index contributed by atoms with van der Waals surface area (Å²) in [5.41, 5.74) is -4.32. The zero-order chi connectivity index (χ0) is 60.0. The van der Waals surface area contributed by atoms with Crippen molar-refractivity contribution in [2.75, 3.05) is 0 Å². The number of aromatic hydroxyl groups is 1. The molecule has 0 aliphatic rings. The topological polar surface area (TPSA) is 50.9 Å². The molecule has 0 saturated carbocycles. The smallest absolute Gasteiger partial charge is 0.148 e. The Hall–Kier alpha value is -6.35. The molecule has 322 valence electrons. The summed E-state index contributed by atoms with van der Waals surface area (Å²) in [4.78, 5) is 9.88. The Labute approximate surface area is 419 Å². The van der Waals surface area contributed by atoms with Crippen molar-refractivity contribution >= 4 is 11.0 Å². The second kappa shape index (κ2) is 17.7. The van der Waals surface area contributed by atoms with Crippen LogP contribution >= 0.6 is 0 Å². The fraction of sp³-hybridized carbons (Fsp3) is 0.186. The summed E-state index contributed by atoms with van der Waals surface area (Å²) in [5, 5.41) is 13.0. The first-order chi connectivity index (χ1) is 38.0. The average Bonchev–Trinajstić information content (AvgIpc) is 1.16. The van der Waals surface area contributed by atoms with E-state index in [1.807, 2.05) is 115 Å². The second-order valence-electron chi connectivity index (χ2n) is 15.8. The van der Waals surface area contributed by atoms with Crippen molar-refractivity contribution in [3.63, 3.8) is 0 Å². The Morgan fingerprint density at radius 1 is 0.594 bits per heavy atom. The number of benzene rings is 7. The minimum Gasteiger partial charge on any atom is -0.507 e. The van der Waals surface area contributed by atoms with Gasteiger partial charge in [-0.2, -0.15) is 0 Å². The fourth-order valence-electron chi connectivity index (χ4n) is 8.06. The van der Waals surface area contributed by atoms with E-state index in [0.717, 1.165) is 22.3 Å². The number of aromatic nitrogens is 3. The van der Waals surface area contributed by atoms with Gasteiger partial charge in [0.1, 0.15) is 11.6 Å². The van der Waals surface area contributed by atoms with Crippen LogP contribution in [0.3, 0.4) is 0 Å². The zero-order valence-corrected chi connectivity index (χ0v) is 37.0. The maximum absolute atomic E-state index is 13.0. The maximum Gasteiger partial charge on any atom is 0.148 e. The molecule has 1 N–H and O–H groups in total. The number of phenolic OH excluding ortho intramolecular Hbond substituents is 1. The van der Waals surface area contributed by atoms with Gasteiger partial charge >= 0.3 is 0 Å². The second-order valence-corrected chi connectivity index (χ2v) is 15.8. The molecule has 9 rings (SSSR count). The van der Waals surface area contributed by atoms with Gasteiger partial charge in [0.15, 0.2) is 0 Å². The third kappa shape index (κ3) is 8.65. The van der Waals surface area contributed by atoms with Crippen LogP contribution in [-0.2, 0) is 31.9 Å². The maximum atomic E-state index is 13.0. The van der Waals surface area contributed by atoms with Gasteiger partial charge in [-0.3, -0.25) is 9.55 Å². The van der Waals surface area contributed by atoms with Crippen molar-refractivity contribution in [2.24, 2.45) is 0 Å². The zero-order valence-electron chi connectivity index (χ0n) is 53.8. The van der Waals surface area contributed by atoms with Gasteiger partial charge in [-0.05, 0) is 86.0 Å². The van der Waals surface area contributed by atoms with Crippen molar-refractivity contribution in [2.45, 2.75) is 71.7 Å². The van der Waals surface area contributed by atoms with E-state index in [4.69, 9.17) is 34.6 Å². The molecule has 0 bridgehead atoms. The Bertz CT molecular complexity index is 3770. The minimum absolute atomic E-state index is 0. The van der Waals surface area contributed by atoms with Crippen molar-refractivity contribution in [3.05, 3.63) is 193 Å². The molecule has 0 aliphatic carbocycles. The molecule has 0 spiro atoms. The van der Waals surface area contributed by atoms with E-state index in [2.05, 4.69) is 6.07 Å². The van der Waals surface area contributed by atoms with Gasteiger partial charge in [0.25, 0.3) is 0 Å². The number of hydrogen-bond acceptors (Lipinski definition) is 3. The molecule has 9 aromatic rings. The normalized spacial score (nSPS) is 17.6. The summed E-state index contributed by atoms with van der Waals surface area (Å²) >= 11 is 0. The van der Waals surface area contributed by atoms with Crippen molar-refractivity contribution < 1.29 is 52.2 Å². The summed E-state index contributed by atoms with van der Waals surface area (Å²) in [7, 11) is 0. The standard InChI is InChI=1S/C59H54N3O.Pt/c1-38(2)50-37-47(27-28-48(50)41-23-16-11-17-24-41)62-54-26-18-25-49(55(54)61-57(62)51-35-46(58(3,4)5)36-52(56(51)63)59(6,7)8)44-31-43(40-21-14-10-15-22-40)32-45(33-44)53-34-42(29-30-60-53)39-19-12-9-13-20-39;/h9-32,34-38,63H,1-8H3;/q-1;/i3D3,4D3,5D3,6D3,7D3,8D3,38D;. The number of phenols is 1. The Morgan fingerprint density at radius 3 is 1.89 bits per heavy atom. The molecular formula is C59H54N3OPt-. The molecule has 0 fully saturated rings. The molecule has 4 nitrogen and oxygen atoms in total. The molecule has 7 aromatic carbocycles. The summed E-state index contributed by atoms with van der Waals surface area (Å²) < 4.78 is 168. The van der Waals surface area contributed by atoms with Gasteiger partial charge in [0.2, 0.25) is 0 Å². The third-order valence-electron chi connectivity index (χ3n) is 11.2. The molecule has 0 unspecified atom stereocenters. The molecule has 0 saturated heterocycles. The van der Waals surface area contributed by atoms with E-state index in [-0.39, 0.29) is 43.9 Å². The first-order valence-electron chi connectivity index (χ1n) is 29.8. The number of hydrogen-bond donors (Lipinski definition) is 1. The van der Waals surface area contributed by atoms with Gasteiger partial charge in [-0.1, -0.05) is 193 Å². The minimum atomic E-state index is -4.16. The number of rotatable bonds is 8. The van der Waals surface area contributed by atoms with Gasteiger partial charge < -0.3 is 5.11 Å². The van der Waals surface area contributed by atoms with Crippen LogP contribution in [0.25, 0.3) is 83.9 Å². The summed E-state index contributed by atoms with van der Waals surface area (Å²) in [5.74, 6) is -3.23. The van der Waals surface area contributed by atoms with Gasteiger partial charge in [-0.15, -0.1) is 23.8 Å². The molecule has 0 radical (unpaired) electrons. The third-order valence-corrected chi connectivity index (χ3v) is 11.2. The number of pyridine rings is 1. The summed E-state index contributed by atoms with van der Waals surface area (Å²) in [6, 6.07) is 50.4. The van der Waals surface area contributed by atoms with Gasteiger partial charge in [0, 0.05) is 70.3 Å². The number of fused-ring (bicyclic) bond motifs is 1. The van der Waals surface area contributed by atoms with E-state index >= 15 is 0 Å². The Morgan fingerprint density at radius 2 is 1.23 bits per heavy atom. The SMILES string of the molecule is [2H]C(C)(C)c1cc(-n2c(-c3cc(C(C([2H])([2H])[2H])(C([2H])([2H])[2H])C([2H])([2H])[2H])cc(C(C([2H])([2H])[2H])(C([2H])([2H])[2H])C([2H])([2H])[2H])c3O)nc3c(-c4[c-]c(-c5cc(-c6ccccc6)ccn5)cc(-c5ccccc5)c4)cccc32)ccc1-c1ccccc1.[Pt]. The number of para-hydroxylation sites is 1. The molecule has 5 heteroatoms. The number of nitrogens with zero attached hydrogens (tertiary/aromatic N) is 3. The monoisotopic (exact) mass is 1030 g/mol. The molecule has 0 atom stereocenters. The molecule has 64 heavy (non-hydrogen) atoms. The van der Waals surface area contributed by atoms with Crippen molar-refractivity contribution in [1.82, 2.24) is 14.5 Å². The summed E-state index contributed by atoms with van der Waals surface area (Å²) in [6.07, 6.45) is 1.68. The molecule has 0 amide bonds. The average molecular weight is 1040 g/mol. The van der Waals surface area contributed by atoms with Crippen LogP contribution < -0.4 is 0 Å². The number of imidazole rings is 1. The van der Waals surface area contributed by atoms with Crippen LogP contribution in [-0.4, -0.2) is 19.6 Å². The van der Waals surface area contributed by atoms with Gasteiger partial charge in [0.05, 0.1) is 16.6 Å². The molecule has 2 aromatic heterocycles. The fourth-order valence-corrected chi connectivity index (χ4v) is 8.06. The summed E-state index contributed by atoms with van der Waals surface area (Å²) in [6.45, 7) is -21.4. The van der Waals surface area contributed by atoms with Crippen LogP contribution in [0.1, 0.15) is 104 Å². The Kier molecular flexibility index (Phi) is 7.30. The van der Waals surface area contributed by atoms with E-state index < -0.39 is 86.1 Å². The van der Waals surface area contributed by atoms with E-state index in [1.54, 1.807) is 56.4 Å². The van der Waals surface area contributed by atoms with Crippen molar-refractivity contribution in [3.8, 4) is 78.6 Å². The largest absolute Gasteiger partial charge is 0.507 e. The molecule has 2 heterocycles. The molecule has 0 aliphatic heterocycles. The Balaban J connectivity index is 0.00000900. The quantitative estimate of drug-likeness (QED) is 0.154. The predicted octanol–water partition coefficient (Wildman–Crippen LogP) is 15.6. The van der Waals surface area contributed by atoms with Crippen LogP contribution in [0.4, 0.5) is 0 Å². The molecular weight excluding hydrogens is 962 g/mol. The van der Waals surface area contributed by atoms with E-state index in [9.17, 15) is 6.48 Å². The first-order valence-corrected chi connectivity index (χ1v) is 20.3. The van der Waals surface area contributed by atoms with E-state index in [1.165, 1.54) is 4.57 Å². The van der Waals surface area contributed by atoms with Crippen LogP contribution in [0.15, 0.2) is 170 Å². The van der Waals surface area contributed by atoms with Gasteiger partial charge in [-0.25, -0.2) is 4.98 Å². The van der Waals surface area contributed by atoms with Crippen LogP contribution in [0.5, 0.6) is 5.75 Å². The van der Waals surface area contributed by atoms with E-state index in [0.29, 0.717) is 45.1 Å².